The van der Waals surface area contributed by atoms with E-state index in [9.17, 15) is 24.0 Å². The van der Waals surface area contributed by atoms with Crippen molar-refractivity contribution in [1.82, 2.24) is 5.32 Å². The Balaban J connectivity index is 4.73. The van der Waals surface area contributed by atoms with Gasteiger partial charge >= 0.3 is 22.0 Å². The average molecular weight is 599 g/mol. The van der Waals surface area contributed by atoms with Crippen molar-refractivity contribution in [2.24, 2.45) is 0 Å². The zero-order valence-electron chi connectivity index (χ0n) is 14.3. The van der Waals surface area contributed by atoms with Crippen LogP contribution in [0.1, 0.15) is 33.6 Å². The summed E-state index contributed by atoms with van der Waals surface area (Å²) >= 11 is 2.88. The van der Waals surface area contributed by atoms with Gasteiger partial charge in [-0.1, -0.05) is 0 Å². The lowest BCUT2D eigenvalue weighted by Gasteiger charge is -2.22. The molecule has 26 heavy (non-hydrogen) atoms. The Bertz CT molecular complexity index is 545. The van der Waals surface area contributed by atoms with Crippen molar-refractivity contribution in [3.63, 3.8) is 0 Å². The van der Waals surface area contributed by atoms with Crippen LogP contribution >= 0.6 is 45.2 Å². The molecular formula is C14H19I2NO9. The van der Waals surface area contributed by atoms with E-state index in [1.807, 2.05) is 0 Å². The number of carbonyl (C=O) groups is 5. The molecule has 0 spiro atoms. The lowest BCUT2D eigenvalue weighted by molar-refractivity contribution is -0.158. The summed E-state index contributed by atoms with van der Waals surface area (Å²) in [5.41, 5.74) is -0.813. The number of esters is 2. The lowest BCUT2D eigenvalue weighted by Crippen LogP contribution is -2.47. The maximum Gasteiger partial charge on any atom is 0.408 e. The predicted octanol–water partition coefficient (Wildman–Crippen LogP) is 2.24. The van der Waals surface area contributed by atoms with Crippen LogP contribution in [0.2, 0.25) is 0 Å². The van der Waals surface area contributed by atoms with Gasteiger partial charge in [0.2, 0.25) is 6.79 Å². The zero-order chi connectivity index (χ0) is 20.3. The van der Waals surface area contributed by atoms with Crippen LogP contribution in [0.25, 0.3) is 0 Å². The Hall–Kier alpha value is -1.19. The molecule has 0 aromatic rings. The third kappa shape index (κ3) is 14.0. The average Bonchev–Trinajstić information content (AvgIpc) is 2.46. The minimum atomic E-state index is -1.38. The number of rotatable bonds is 9. The summed E-state index contributed by atoms with van der Waals surface area (Å²) in [6, 6.07) is -1.38. The van der Waals surface area contributed by atoms with Crippen LogP contribution in [0.5, 0.6) is 0 Å². The first-order valence-corrected chi connectivity index (χ1v) is 9.39. The monoisotopic (exact) mass is 599 g/mol. The molecule has 148 valence electrons. The van der Waals surface area contributed by atoms with E-state index in [1.165, 1.54) is 22.6 Å². The molecule has 0 aromatic carbocycles. The molecule has 0 aliphatic rings. The molecule has 1 unspecified atom stereocenters. The van der Waals surface area contributed by atoms with Gasteiger partial charge in [0.25, 0.3) is 0 Å². The van der Waals surface area contributed by atoms with Crippen LogP contribution in [-0.2, 0) is 33.3 Å². The number of nitrogens with one attached hydrogen (secondary N) is 1. The number of ether oxygens (including phenoxy) is 4. The van der Waals surface area contributed by atoms with E-state index >= 15 is 0 Å². The van der Waals surface area contributed by atoms with E-state index < -0.39 is 47.1 Å². The number of hydrogen-bond acceptors (Lipinski definition) is 9. The Morgan fingerprint density at radius 2 is 1.58 bits per heavy atom. The molecule has 0 radical (unpaired) electrons. The molecule has 0 saturated carbocycles. The summed E-state index contributed by atoms with van der Waals surface area (Å²) < 4.78 is 18.1. The first-order valence-electron chi connectivity index (χ1n) is 7.23. The molecule has 10 nitrogen and oxygen atoms in total. The number of amides is 1. The molecule has 0 rings (SSSR count). The molecule has 12 heteroatoms. The van der Waals surface area contributed by atoms with Crippen LogP contribution in [0.3, 0.4) is 0 Å². The fourth-order valence-electron chi connectivity index (χ4n) is 1.30. The summed E-state index contributed by atoms with van der Waals surface area (Å²) in [6.07, 6.45) is -1.11. The zero-order valence-corrected chi connectivity index (χ0v) is 18.7. The Labute approximate surface area is 177 Å². The molecule has 0 aromatic heterocycles. The van der Waals surface area contributed by atoms with Gasteiger partial charge in [-0.3, -0.25) is 9.59 Å². The molecule has 1 N–H and O–H groups in total. The maximum absolute atomic E-state index is 12.0. The standard InChI is InChI=1S/C14H19I2NO9/c1-14(2,3)26-13(22)17-8(11(20)24-7-25-12(16)21)6-23-10(19)5-4-9(15)18/h8H,4-7H2,1-3H3,(H,17,22). The van der Waals surface area contributed by atoms with Crippen molar-refractivity contribution in [3.8, 4) is 0 Å². The van der Waals surface area contributed by atoms with Gasteiger partial charge < -0.3 is 24.3 Å². The van der Waals surface area contributed by atoms with Crippen LogP contribution in [0.15, 0.2) is 0 Å². The molecule has 0 saturated heterocycles. The van der Waals surface area contributed by atoms with Gasteiger partial charge in [0, 0.05) is 6.42 Å². The first kappa shape index (κ1) is 24.8. The van der Waals surface area contributed by atoms with Gasteiger partial charge in [0.15, 0.2) is 9.83 Å². The topological polar surface area (TPSA) is 134 Å². The number of hydrogen-bond donors (Lipinski definition) is 1. The highest BCUT2D eigenvalue weighted by atomic mass is 127. The van der Waals surface area contributed by atoms with E-state index in [0.29, 0.717) is 0 Å². The Morgan fingerprint density at radius 3 is 2.08 bits per heavy atom. The van der Waals surface area contributed by atoms with Crippen LogP contribution in [-0.4, -0.2) is 50.8 Å². The summed E-state index contributed by atoms with van der Waals surface area (Å²) in [7, 11) is 0. The van der Waals surface area contributed by atoms with E-state index in [-0.39, 0.29) is 16.6 Å². The summed E-state index contributed by atoms with van der Waals surface area (Å²) in [5, 5.41) is 2.21. The molecule has 0 aliphatic carbocycles. The van der Waals surface area contributed by atoms with Gasteiger partial charge in [-0.05, 0) is 43.4 Å². The van der Waals surface area contributed by atoms with Gasteiger partial charge in [0.1, 0.15) is 12.2 Å². The second kappa shape index (κ2) is 12.2. The fraction of sp³-hybridized carbons (Fsp3) is 0.643. The molecule has 1 atom stereocenters. The highest BCUT2D eigenvalue weighted by molar-refractivity contribution is 14.1. The van der Waals surface area contributed by atoms with Gasteiger partial charge in [-0.15, -0.1) is 0 Å². The van der Waals surface area contributed by atoms with Crippen molar-refractivity contribution >= 4 is 71.0 Å². The largest absolute Gasteiger partial charge is 0.463 e. The number of halogens is 2. The number of alkyl carbamates (subject to hydrolysis) is 1. The third-order valence-electron chi connectivity index (χ3n) is 2.29. The van der Waals surface area contributed by atoms with E-state index in [1.54, 1.807) is 43.4 Å². The third-order valence-corrected chi connectivity index (χ3v) is 3.14. The summed E-state index contributed by atoms with van der Waals surface area (Å²) in [6.45, 7) is 3.68. The van der Waals surface area contributed by atoms with E-state index in [0.717, 1.165) is 0 Å². The summed E-state index contributed by atoms with van der Waals surface area (Å²) in [5.74, 6) is -1.72. The SMILES string of the molecule is CC(C)(C)OC(=O)NC(COC(=O)CCC(=O)I)C(=O)OCOC(=O)I. The predicted molar refractivity (Wildman–Crippen MR) is 104 cm³/mol. The molecular weight excluding hydrogens is 580 g/mol. The highest BCUT2D eigenvalue weighted by Gasteiger charge is 2.27. The number of carbonyl (C=O) groups excluding carboxylic acids is 5. The van der Waals surface area contributed by atoms with Crippen molar-refractivity contribution in [1.29, 1.82) is 0 Å². The maximum atomic E-state index is 12.0. The van der Waals surface area contributed by atoms with Crippen LogP contribution < -0.4 is 5.32 Å². The van der Waals surface area contributed by atoms with Crippen LogP contribution in [0, 0.1) is 0 Å². The van der Waals surface area contributed by atoms with Crippen molar-refractivity contribution in [3.05, 3.63) is 0 Å². The van der Waals surface area contributed by atoms with Crippen LogP contribution in [0.4, 0.5) is 9.59 Å². The second-order valence-corrected chi connectivity index (χ2v) is 7.78. The van der Waals surface area contributed by atoms with Crippen molar-refractivity contribution in [2.45, 2.75) is 45.3 Å². The quantitative estimate of drug-likeness (QED) is 0.139. The Morgan fingerprint density at radius 1 is 0.962 bits per heavy atom. The minimum absolute atomic E-state index is 0.0143. The van der Waals surface area contributed by atoms with E-state index in [2.05, 4.69) is 14.8 Å². The molecule has 1 amide bonds. The molecule has 0 fully saturated rings. The van der Waals surface area contributed by atoms with Gasteiger partial charge in [-0.25, -0.2) is 14.4 Å². The van der Waals surface area contributed by atoms with Gasteiger partial charge in [-0.2, -0.15) is 0 Å². The normalized spacial score (nSPS) is 11.7. The molecule has 0 heterocycles. The van der Waals surface area contributed by atoms with Gasteiger partial charge in [0.05, 0.1) is 29.0 Å². The molecule has 0 bridgehead atoms. The van der Waals surface area contributed by atoms with E-state index in [4.69, 9.17) is 9.47 Å². The molecule has 0 aliphatic heterocycles. The highest BCUT2D eigenvalue weighted by Crippen LogP contribution is 2.07. The minimum Gasteiger partial charge on any atom is -0.463 e. The summed E-state index contributed by atoms with van der Waals surface area (Å²) in [4.78, 5) is 56.8. The Kier molecular flexibility index (Phi) is 11.7. The lowest BCUT2D eigenvalue weighted by atomic mass is 10.2. The van der Waals surface area contributed by atoms with Crippen molar-refractivity contribution < 1.29 is 42.9 Å². The first-order chi connectivity index (χ1) is 11.9. The van der Waals surface area contributed by atoms with Crippen molar-refractivity contribution in [2.75, 3.05) is 13.4 Å². The smallest absolute Gasteiger partial charge is 0.408 e. The second-order valence-electron chi connectivity index (χ2n) is 5.70. The fourth-order valence-corrected chi connectivity index (χ4v) is 1.70.